The first-order chi connectivity index (χ1) is 10.7. The van der Waals surface area contributed by atoms with E-state index >= 15 is 0 Å². The SMILES string of the molecule is CN(C)CCCC(OC(=O)c1ccccc1)c1ccccc1. The minimum Gasteiger partial charge on any atom is -0.454 e. The van der Waals surface area contributed by atoms with Crippen LogP contribution in [0.4, 0.5) is 0 Å². The van der Waals surface area contributed by atoms with Gasteiger partial charge in [-0.3, -0.25) is 0 Å². The molecule has 0 amide bonds. The summed E-state index contributed by atoms with van der Waals surface area (Å²) in [5, 5.41) is 0. The predicted octanol–water partition coefficient (Wildman–Crippen LogP) is 3.93. The van der Waals surface area contributed by atoms with Gasteiger partial charge in [0.1, 0.15) is 6.10 Å². The summed E-state index contributed by atoms with van der Waals surface area (Å²) in [5.74, 6) is -0.265. The van der Waals surface area contributed by atoms with Gasteiger partial charge < -0.3 is 9.64 Å². The number of esters is 1. The molecule has 0 fully saturated rings. The van der Waals surface area contributed by atoms with Crippen molar-refractivity contribution in [3.63, 3.8) is 0 Å². The summed E-state index contributed by atoms with van der Waals surface area (Å²) < 4.78 is 5.75. The second-order valence-electron chi connectivity index (χ2n) is 5.62. The van der Waals surface area contributed by atoms with Crippen molar-refractivity contribution < 1.29 is 9.53 Å². The van der Waals surface area contributed by atoms with Crippen LogP contribution in [0.2, 0.25) is 0 Å². The molecular formula is C19H23NO2. The number of nitrogens with zero attached hydrogens (tertiary/aromatic N) is 1. The van der Waals surface area contributed by atoms with E-state index in [0.717, 1.165) is 24.9 Å². The summed E-state index contributed by atoms with van der Waals surface area (Å²) in [7, 11) is 4.10. The van der Waals surface area contributed by atoms with Gasteiger partial charge in [-0.25, -0.2) is 4.79 Å². The van der Waals surface area contributed by atoms with E-state index in [1.54, 1.807) is 12.1 Å². The van der Waals surface area contributed by atoms with E-state index in [0.29, 0.717) is 5.56 Å². The number of hydrogen-bond acceptors (Lipinski definition) is 3. The lowest BCUT2D eigenvalue weighted by molar-refractivity contribution is 0.0268. The molecular weight excluding hydrogens is 274 g/mol. The molecule has 0 aromatic heterocycles. The quantitative estimate of drug-likeness (QED) is 0.725. The van der Waals surface area contributed by atoms with Gasteiger partial charge in [0.25, 0.3) is 0 Å². The molecule has 2 aromatic carbocycles. The normalized spacial score (nSPS) is 12.1. The fraction of sp³-hybridized carbons (Fsp3) is 0.316. The van der Waals surface area contributed by atoms with Crippen molar-refractivity contribution in [3.05, 3.63) is 71.8 Å². The standard InChI is InChI=1S/C19H23NO2/c1-20(2)15-9-14-18(16-10-5-3-6-11-16)22-19(21)17-12-7-4-8-13-17/h3-8,10-13,18H,9,14-15H2,1-2H3. The molecule has 3 nitrogen and oxygen atoms in total. The van der Waals surface area contributed by atoms with Crippen LogP contribution >= 0.6 is 0 Å². The van der Waals surface area contributed by atoms with E-state index in [1.165, 1.54) is 0 Å². The van der Waals surface area contributed by atoms with E-state index < -0.39 is 0 Å². The third-order valence-corrected chi connectivity index (χ3v) is 3.50. The van der Waals surface area contributed by atoms with Crippen molar-refractivity contribution in [2.75, 3.05) is 20.6 Å². The molecule has 0 aliphatic carbocycles. The summed E-state index contributed by atoms with van der Waals surface area (Å²) in [6.45, 7) is 0.978. The lowest BCUT2D eigenvalue weighted by Gasteiger charge is -2.19. The van der Waals surface area contributed by atoms with Crippen LogP contribution in [-0.2, 0) is 4.74 Å². The molecule has 0 bridgehead atoms. The van der Waals surface area contributed by atoms with Crippen molar-refractivity contribution in [2.24, 2.45) is 0 Å². The van der Waals surface area contributed by atoms with Crippen LogP contribution in [0, 0.1) is 0 Å². The first kappa shape index (κ1) is 16.2. The Morgan fingerprint density at radius 3 is 2.18 bits per heavy atom. The van der Waals surface area contributed by atoms with Crippen molar-refractivity contribution in [1.82, 2.24) is 4.90 Å². The number of hydrogen-bond donors (Lipinski definition) is 0. The minimum atomic E-state index is -0.265. The van der Waals surface area contributed by atoms with Gasteiger partial charge in [0, 0.05) is 0 Å². The number of benzene rings is 2. The zero-order chi connectivity index (χ0) is 15.8. The number of carbonyl (C=O) groups excluding carboxylic acids is 1. The highest BCUT2D eigenvalue weighted by atomic mass is 16.5. The molecule has 0 aliphatic rings. The van der Waals surface area contributed by atoms with Crippen molar-refractivity contribution in [3.8, 4) is 0 Å². The topological polar surface area (TPSA) is 29.5 Å². The molecule has 2 rings (SSSR count). The number of ether oxygens (including phenoxy) is 1. The summed E-state index contributed by atoms with van der Waals surface area (Å²) in [5.41, 5.74) is 1.64. The fourth-order valence-corrected chi connectivity index (χ4v) is 2.33. The van der Waals surface area contributed by atoms with Crippen LogP contribution in [0.15, 0.2) is 60.7 Å². The average Bonchev–Trinajstić information content (AvgIpc) is 2.55. The summed E-state index contributed by atoms with van der Waals surface area (Å²) in [4.78, 5) is 14.4. The highest BCUT2D eigenvalue weighted by Gasteiger charge is 2.17. The first-order valence-corrected chi connectivity index (χ1v) is 7.62. The Hall–Kier alpha value is -2.13. The van der Waals surface area contributed by atoms with Crippen LogP contribution in [0.5, 0.6) is 0 Å². The van der Waals surface area contributed by atoms with E-state index in [1.807, 2.05) is 62.6 Å². The molecule has 3 heteroatoms. The molecule has 22 heavy (non-hydrogen) atoms. The molecule has 0 saturated carbocycles. The molecule has 0 N–H and O–H groups in total. The van der Waals surface area contributed by atoms with Crippen LogP contribution in [0.25, 0.3) is 0 Å². The third kappa shape index (κ3) is 5.01. The zero-order valence-electron chi connectivity index (χ0n) is 13.2. The maximum absolute atomic E-state index is 12.3. The van der Waals surface area contributed by atoms with Crippen LogP contribution < -0.4 is 0 Å². The Labute approximate surface area is 132 Å². The highest BCUT2D eigenvalue weighted by Crippen LogP contribution is 2.24. The van der Waals surface area contributed by atoms with Gasteiger partial charge in [-0.15, -0.1) is 0 Å². The van der Waals surface area contributed by atoms with E-state index in [4.69, 9.17) is 4.74 Å². The largest absolute Gasteiger partial charge is 0.454 e. The highest BCUT2D eigenvalue weighted by molar-refractivity contribution is 5.89. The molecule has 116 valence electrons. The van der Waals surface area contributed by atoms with Crippen LogP contribution in [0.3, 0.4) is 0 Å². The zero-order valence-corrected chi connectivity index (χ0v) is 13.2. The van der Waals surface area contributed by atoms with Gasteiger partial charge in [-0.2, -0.15) is 0 Å². The molecule has 0 spiro atoms. The monoisotopic (exact) mass is 297 g/mol. The average molecular weight is 297 g/mol. The Balaban J connectivity index is 2.05. The van der Waals surface area contributed by atoms with Gasteiger partial charge in [-0.1, -0.05) is 48.5 Å². The second kappa shape index (κ2) is 8.35. The molecule has 1 atom stereocenters. The second-order valence-corrected chi connectivity index (χ2v) is 5.62. The molecule has 0 saturated heterocycles. The lowest BCUT2D eigenvalue weighted by atomic mass is 10.0. The summed E-state index contributed by atoms with van der Waals surface area (Å²) in [6.07, 6.45) is 1.60. The molecule has 0 heterocycles. The predicted molar refractivity (Wildman–Crippen MR) is 88.8 cm³/mol. The van der Waals surface area contributed by atoms with Gasteiger partial charge in [0.2, 0.25) is 0 Å². The first-order valence-electron chi connectivity index (χ1n) is 7.62. The van der Waals surface area contributed by atoms with Crippen molar-refractivity contribution >= 4 is 5.97 Å². The smallest absolute Gasteiger partial charge is 0.338 e. The summed E-state index contributed by atoms with van der Waals surface area (Å²) in [6, 6.07) is 19.1. The Kier molecular flexibility index (Phi) is 6.16. The van der Waals surface area contributed by atoms with E-state index in [2.05, 4.69) is 4.90 Å². The van der Waals surface area contributed by atoms with E-state index in [-0.39, 0.29) is 12.1 Å². The maximum atomic E-state index is 12.3. The van der Waals surface area contributed by atoms with Crippen LogP contribution in [-0.4, -0.2) is 31.5 Å². The van der Waals surface area contributed by atoms with Crippen molar-refractivity contribution in [2.45, 2.75) is 18.9 Å². The maximum Gasteiger partial charge on any atom is 0.338 e. The Morgan fingerprint density at radius 1 is 1.00 bits per heavy atom. The third-order valence-electron chi connectivity index (χ3n) is 3.50. The molecule has 1 unspecified atom stereocenters. The van der Waals surface area contributed by atoms with Crippen molar-refractivity contribution in [1.29, 1.82) is 0 Å². The van der Waals surface area contributed by atoms with E-state index in [9.17, 15) is 4.79 Å². The minimum absolute atomic E-state index is 0.200. The summed E-state index contributed by atoms with van der Waals surface area (Å²) >= 11 is 0. The van der Waals surface area contributed by atoms with Crippen LogP contribution in [0.1, 0.15) is 34.9 Å². The fourth-order valence-electron chi connectivity index (χ4n) is 2.33. The molecule has 0 radical (unpaired) electrons. The number of carbonyl (C=O) groups is 1. The number of rotatable bonds is 7. The molecule has 2 aromatic rings. The lowest BCUT2D eigenvalue weighted by Crippen LogP contribution is -2.16. The Morgan fingerprint density at radius 2 is 1.59 bits per heavy atom. The van der Waals surface area contributed by atoms with Gasteiger partial charge in [-0.05, 0) is 51.2 Å². The molecule has 0 aliphatic heterocycles. The van der Waals surface area contributed by atoms with Gasteiger partial charge in [0.05, 0.1) is 5.56 Å². The van der Waals surface area contributed by atoms with Gasteiger partial charge >= 0.3 is 5.97 Å². The Bertz CT molecular complexity index is 567. The van der Waals surface area contributed by atoms with Gasteiger partial charge in [0.15, 0.2) is 0 Å².